The lowest BCUT2D eigenvalue weighted by atomic mass is 9.87. The van der Waals surface area contributed by atoms with Gasteiger partial charge in [0.2, 0.25) is 0 Å². The molecule has 2 saturated heterocycles. The molecule has 5 nitrogen and oxygen atoms in total. The average Bonchev–Trinajstić information content (AvgIpc) is 3.30. The maximum atomic E-state index is 13.6. The third-order valence-electron chi connectivity index (χ3n) is 8.58. The van der Waals surface area contributed by atoms with Crippen LogP contribution in [-0.4, -0.2) is 56.7 Å². The van der Waals surface area contributed by atoms with E-state index in [0.717, 1.165) is 63.0 Å². The third kappa shape index (κ3) is 5.40. The Morgan fingerprint density at radius 1 is 0.974 bits per heavy atom. The molecule has 200 valence electrons. The minimum Gasteiger partial charge on any atom is -0.378 e. The molecule has 2 atom stereocenters. The fourth-order valence-corrected chi connectivity index (χ4v) is 6.89. The molecule has 1 saturated carbocycles. The summed E-state index contributed by atoms with van der Waals surface area (Å²) in [7, 11) is 0. The van der Waals surface area contributed by atoms with Gasteiger partial charge in [-0.1, -0.05) is 51.1 Å². The van der Waals surface area contributed by atoms with Gasteiger partial charge in [-0.2, -0.15) is 0 Å². The van der Waals surface area contributed by atoms with E-state index in [9.17, 15) is 4.79 Å². The molecule has 3 fully saturated rings. The van der Waals surface area contributed by atoms with Crippen LogP contribution in [0.2, 0.25) is 0 Å². The number of benzene rings is 2. The van der Waals surface area contributed by atoms with Crippen LogP contribution in [0, 0.1) is 17.8 Å². The number of nitrogens with zero attached hydrogens (tertiary/aromatic N) is 3. The molecule has 1 aromatic heterocycles. The second kappa shape index (κ2) is 10.5. The van der Waals surface area contributed by atoms with Crippen molar-refractivity contribution in [2.45, 2.75) is 32.7 Å². The summed E-state index contributed by atoms with van der Waals surface area (Å²) in [6.07, 6.45) is 0. The molecule has 2 aromatic carbocycles. The molecule has 0 radical (unpaired) electrons. The second-order valence-corrected chi connectivity index (χ2v) is 13.1. The molecule has 3 aliphatic rings. The van der Waals surface area contributed by atoms with E-state index in [4.69, 9.17) is 4.74 Å². The van der Waals surface area contributed by atoms with Crippen molar-refractivity contribution in [1.29, 1.82) is 0 Å². The van der Waals surface area contributed by atoms with Crippen LogP contribution >= 0.6 is 11.3 Å². The number of piperidine rings is 1. The first-order valence-corrected chi connectivity index (χ1v) is 14.8. The smallest absolute Gasteiger partial charge is 0.268 e. The monoisotopic (exact) mass is 529 g/mol. The molecule has 1 amide bonds. The third-order valence-corrected chi connectivity index (χ3v) is 9.44. The van der Waals surface area contributed by atoms with E-state index in [-0.39, 0.29) is 11.3 Å². The molecule has 0 N–H and O–H groups in total. The van der Waals surface area contributed by atoms with Crippen molar-refractivity contribution in [1.82, 2.24) is 4.90 Å². The lowest BCUT2D eigenvalue weighted by Crippen LogP contribution is -2.36. The standard InChI is InChI=1S/C32H39N3O2S/c1-32(2,3)24-8-6-23(7-9-24)19-33-20-27-28(21-33)29(27)22-35(31(36)30-5-4-18-38-30)26-12-10-25(11-13-26)34-14-16-37-17-15-34/h4-13,18,27-29H,14-17,19-22H2,1-3H3. The SMILES string of the molecule is CC(C)(C)c1ccc(CN2CC3C(C2)C3CN(C(=O)c2cccs2)c2ccc(N3CCOCC3)cc2)cc1. The number of morpholine rings is 1. The lowest BCUT2D eigenvalue weighted by Gasteiger charge is -2.30. The first-order chi connectivity index (χ1) is 18.4. The Morgan fingerprint density at radius 3 is 2.26 bits per heavy atom. The Hall–Kier alpha value is -2.67. The molecule has 6 heteroatoms. The van der Waals surface area contributed by atoms with Crippen molar-refractivity contribution in [3.8, 4) is 0 Å². The molecular formula is C32H39N3O2S. The van der Waals surface area contributed by atoms with Gasteiger partial charge in [0.15, 0.2) is 0 Å². The summed E-state index contributed by atoms with van der Waals surface area (Å²) in [6, 6.07) is 21.7. The molecule has 38 heavy (non-hydrogen) atoms. The summed E-state index contributed by atoms with van der Waals surface area (Å²) in [5.41, 5.74) is 5.18. The summed E-state index contributed by atoms with van der Waals surface area (Å²) in [4.78, 5) is 21.4. The van der Waals surface area contributed by atoms with Crippen LogP contribution in [0.5, 0.6) is 0 Å². The van der Waals surface area contributed by atoms with Crippen molar-refractivity contribution in [3.63, 3.8) is 0 Å². The normalized spacial score (nSPS) is 23.3. The van der Waals surface area contributed by atoms with Gasteiger partial charge in [0.25, 0.3) is 5.91 Å². The summed E-state index contributed by atoms with van der Waals surface area (Å²) >= 11 is 1.53. The van der Waals surface area contributed by atoms with E-state index in [2.05, 4.69) is 79.1 Å². The van der Waals surface area contributed by atoms with Crippen LogP contribution in [0.1, 0.15) is 41.6 Å². The number of thiophene rings is 1. The number of hydrogen-bond donors (Lipinski definition) is 0. The number of anilines is 2. The Morgan fingerprint density at radius 2 is 1.66 bits per heavy atom. The minimum absolute atomic E-state index is 0.125. The lowest BCUT2D eigenvalue weighted by molar-refractivity contribution is 0.0988. The quantitative estimate of drug-likeness (QED) is 0.381. The number of carbonyl (C=O) groups excluding carboxylic acids is 1. The number of amides is 1. The summed E-state index contributed by atoms with van der Waals surface area (Å²) in [5, 5.41) is 1.99. The fourth-order valence-electron chi connectivity index (χ4n) is 6.22. The Labute approximate surface area is 231 Å². The van der Waals surface area contributed by atoms with E-state index in [1.54, 1.807) is 0 Å². The Bertz CT molecular complexity index is 1220. The number of ether oxygens (including phenoxy) is 1. The zero-order valence-corrected chi connectivity index (χ0v) is 23.6. The van der Waals surface area contributed by atoms with Gasteiger partial charge in [-0.05, 0) is 70.0 Å². The van der Waals surface area contributed by atoms with Crippen molar-refractivity contribution >= 4 is 28.6 Å². The van der Waals surface area contributed by atoms with Gasteiger partial charge in [-0.3, -0.25) is 9.69 Å². The largest absolute Gasteiger partial charge is 0.378 e. The second-order valence-electron chi connectivity index (χ2n) is 12.1. The van der Waals surface area contributed by atoms with Crippen molar-refractivity contribution in [2.75, 3.05) is 55.7 Å². The van der Waals surface area contributed by atoms with Crippen molar-refractivity contribution in [3.05, 3.63) is 82.0 Å². The Kier molecular flexibility index (Phi) is 7.06. The molecule has 0 bridgehead atoms. The summed E-state index contributed by atoms with van der Waals surface area (Å²) in [5.74, 6) is 2.09. The summed E-state index contributed by atoms with van der Waals surface area (Å²) in [6.45, 7) is 14.3. The van der Waals surface area contributed by atoms with Gasteiger partial charge in [0.1, 0.15) is 0 Å². The first kappa shape index (κ1) is 25.6. The number of fused-ring (bicyclic) bond motifs is 1. The number of likely N-dealkylation sites (tertiary alicyclic amines) is 1. The minimum atomic E-state index is 0.125. The highest BCUT2D eigenvalue weighted by molar-refractivity contribution is 7.12. The van der Waals surface area contributed by atoms with E-state index < -0.39 is 0 Å². The predicted octanol–water partition coefficient (Wildman–Crippen LogP) is 5.91. The van der Waals surface area contributed by atoms with E-state index in [1.165, 1.54) is 28.2 Å². The highest BCUT2D eigenvalue weighted by Gasteiger charge is 2.56. The van der Waals surface area contributed by atoms with Crippen LogP contribution in [0.3, 0.4) is 0 Å². The van der Waals surface area contributed by atoms with Crippen LogP contribution in [0.15, 0.2) is 66.0 Å². The van der Waals surface area contributed by atoms with Crippen molar-refractivity contribution < 1.29 is 9.53 Å². The number of hydrogen-bond acceptors (Lipinski definition) is 5. The molecule has 2 unspecified atom stereocenters. The van der Waals surface area contributed by atoms with Crippen LogP contribution in [0.4, 0.5) is 11.4 Å². The van der Waals surface area contributed by atoms with Gasteiger partial charge < -0.3 is 14.5 Å². The van der Waals surface area contributed by atoms with Gasteiger partial charge >= 0.3 is 0 Å². The molecular weight excluding hydrogens is 490 g/mol. The van der Waals surface area contributed by atoms with Crippen molar-refractivity contribution in [2.24, 2.45) is 17.8 Å². The zero-order chi connectivity index (χ0) is 26.3. The molecule has 3 aromatic rings. The summed E-state index contributed by atoms with van der Waals surface area (Å²) < 4.78 is 5.50. The van der Waals surface area contributed by atoms with Gasteiger partial charge in [-0.25, -0.2) is 0 Å². The maximum absolute atomic E-state index is 13.6. The molecule has 1 aliphatic carbocycles. The first-order valence-electron chi connectivity index (χ1n) is 14.0. The van der Waals surface area contributed by atoms with E-state index in [0.29, 0.717) is 17.8 Å². The molecule has 0 spiro atoms. The number of carbonyl (C=O) groups is 1. The highest BCUT2D eigenvalue weighted by Crippen LogP contribution is 2.52. The van der Waals surface area contributed by atoms with Gasteiger partial charge in [0.05, 0.1) is 18.1 Å². The van der Waals surface area contributed by atoms with Crippen LogP contribution in [-0.2, 0) is 16.7 Å². The highest BCUT2D eigenvalue weighted by atomic mass is 32.1. The Balaban J connectivity index is 1.10. The molecule has 2 aliphatic heterocycles. The van der Waals surface area contributed by atoms with Gasteiger partial charge in [-0.15, -0.1) is 11.3 Å². The zero-order valence-electron chi connectivity index (χ0n) is 22.8. The predicted molar refractivity (Wildman–Crippen MR) is 156 cm³/mol. The van der Waals surface area contributed by atoms with E-state index in [1.807, 2.05) is 22.4 Å². The fraction of sp³-hybridized carbons (Fsp3) is 0.469. The molecule has 3 heterocycles. The topological polar surface area (TPSA) is 36.0 Å². The van der Waals surface area contributed by atoms with E-state index >= 15 is 0 Å². The van der Waals surface area contributed by atoms with Crippen LogP contribution in [0.25, 0.3) is 0 Å². The van der Waals surface area contributed by atoms with Crippen LogP contribution < -0.4 is 9.80 Å². The molecule has 6 rings (SSSR count). The number of rotatable bonds is 7. The average molecular weight is 530 g/mol. The van der Waals surface area contributed by atoms with Gasteiger partial charge in [0, 0.05) is 50.6 Å². The maximum Gasteiger partial charge on any atom is 0.268 e.